The Bertz CT molecular complexity index is 844. The molecule has 0 aliphatic carbocycles. The number of carbonyl (C=O) groups excluding carboxylic acids is 3. The predicted octanol–water partition coefficient (Wildman–Crippen LogP) is 2.02. The van der Waals surface area contributed by atoms with Crippen LogP contribution in [0, 0.1) is 11.8 Å². The van der Waals surface area contributed by atoms with E-state index in [1.807, 2.05) is 36.4 Å². The van der Waals surface area contributed by atoms with E-state index >= 15 is 0 Å². The van der Waals surface area contributed by atoms with Crippen LogP contribution in [-0.4, -0.2) is 46.7 Å². The number of hydrogen-bond acceptors (Lipinski definition) is 5. The van der Waals surface area contributed by atoms with Gasteiger partial charge in [0.1, 0.15) is 11.2 Å². The van der Waals surface area contributed by atoms with Crippen LogP contribution in [0.5, 0.6) is 0 Å². The first-order valence-electron chi connectivity index (χ1n) is 9.43. The summed E-state index contributed by atoms with van der Waals surface area (Å²) >= 11 is 0. The summed E-state index contributed by atoms with van der Waals surface area (Å²) in [5.41, 5.74) is -0.739. The summed E-state index contributed by atoms with van der Waals surface area (Å²) in [5.74, 6) is -1.64. The molecule has 0 saturated carbocycles. The molecule has 3 amide bonds. The van der Waals surface area contributed by atoms with Crippen LogP contribution in [0.15, 0.2) is 42.5 Å². The predicted molar refractivity (Wildman–Crippen MR) is 100.0 cm³/mol. The summed E-state index contributed by atoms with van der Waals surface area (Å²) in [6, 6.07) is 9.42. The number of fused-ring (bicyclic) bond motifs is 5. The summed E-state index contributed by atoms with van der Waals surface area (Å²) in [4.78, 5) is 39.4. The number of imide groups is 1. The second-order valence-electron chi connectivity index (χ2n) is 8.50. The lowest BCUT2D eigenvalue weighted by Crippen LogP contribution is -2.49. The third-order valence-corrected chi connectivity index (χ3v) is 5.34. The van der Waals surface area contributed by atoms with Gasteiger partial charge in [0.15, 0.2) is 0 Å². The van der Waals surface area contributed by atoms with E-state index in [4.69, 9.17) is 9.47 Å². The lowest BCUT2D eigenvalue weighted by molar-refractivity contribution is -0.144. The molecule has 7 nitrogen and oxygen atoms in total. The maximum atomic E-state index is 13.1. The van der Waals surface area contributed by atoms with Crippen LogP contribution in [0.1, 0.15) is 26.3 Å². The number of ether oxygens (including phenoxy) is 2. The molecular weight excluding hydrogens is 360 g/mol. The summed E-state index contributed by atoms with van der Waals surface area (Å²) < 4.78 is 11.3. The van der Waals surface area contributed by atoms with Crippen LogP contribution >= 0.6 is 0 Å². The number of carbonyl (C=O) groups is 3. The minimum absolute atomic E-state index is 0.0777. The highest BCUT2D eigenvalue weighted by Gasteiger charge is 2.67. The van der Waals surface area contributed by atoms with Crippen LogP contribution in [-0.2, 0) is 25.6 Å². The Morgan fingerprint density at radius 3 is 2.61 bits per heavy atom. The van der Waals surface area contributed by atoms with Gasteiger partial charge in [0.2, 0.25) is 11.8 Å². The molecule has 28 heavy (non-hydrogen) atoms. The van der Waals surface area contributed by atoms with E-state index in [9.17, 15) is 14.4 Å². The Balaban J connectivity index is 1.51. The van der Waals surface area contributed by atoms with Gasteiger partial charge in [-0.3, -0.25) is 14.5 Å². The van der Waals surface area contributed by atoms with Crippen molar-refractivity contribution in [2.75, 3.05) is 6.54 Å². The van der Waals surface area contributed by atoms with E-state index in [-0.39, 0.29) is 24.9 Å². The number of nitrogens with zero attached hydrogens (tertiary/aromatic N) is 1. The molecule has 4 atom stereocenters. The molecule has 0 radical (unpaired) electrons. The normalized spacial score (nSPS) is 30.7. The Morgan fingerprint density at radius 2 is 1.93 bits per heavy atom. The highest BCUT2D eigenvalue weighted by Crippen LogP contribution is 2.51. The lowest BCUT2D eigenvalue weighted by atomic mass is 9.77. The van der Waals surface area contributed by atoms with Crippen molar-refractivity contribution in [2.45, 2.75) is 44.6 Å². The Hall–Kier alpha value is -2.67. The van der Waals surface area contributed by atoms with E-state index in [2.05, 4.69) is 5.32 Å². The number of likely N-dealkylation sites (tertiary alicyclic amines) is 1. The van der Waals surface area contributed by atoms with Crippen molar-refractivity contribution in [2.24, 2.45) is 11.8 Å². The molecule has 2 saturated heterocycles. The smallest absolute Gasteiger partial charge is 0.407 e. The standard InChI is InChI=1S/C21H24N2O5/c1-20(2,3)28-19(26)22-12-21-10-9-14(27-21)15-16(21)18(25)23(17(15)24)11-13-7-5-4-6-8-13/h4-10,14-16H,11-12H2,1-3H3,(H,22,26)/t14-,15+,16+,21-/m0/s1. The average molecular weight is 384 g/mol. The van der Waals surface area contributed by atoms with E-state index in [1.165, 1.54) is 4.90 Å². The molecule has 4 rings (SSSR count). The first-order valence-corrected chi connectivity index (χ1v) is 9.43. The minimum Gasteiger partial charge on any atom is -0.444 e. The van der Waals surface area contributed by atoms with Gasteiger partial charge in [0.05, 0.1) is 31.0 Å². The number of hydrogen-bond donors (Lipinski definition) is 1. The van der Waals surface area contributed by atoms with Crippen molar-refractivity contribution in [1.82, 2.24) is 10.2 Å². The Kier molecular flexibility index (Phi) is 4.30. The molecule has 2 bridgehead atoms. The summed E-state index contributed by atoms with van der Waals surface area (Å²) in [6.07, 6.45) is 2.59. The van der Waals surface area contributed by atoms with E-state index in [0.29, 0.717) is 0 Å². The monoisotopic (exact) mass is 384 g/mol. The fourth-order valence-corrected chi connectivity index (χ4v) is 4.21. The SMILES string of the molecule is CC(C)(C)OC(=O)NC[C@]12C=C[C@H](O1)[C@H]1C(=O)N(Cc3ccccc3)C(=O)[C@@H]12. The lowest BCUT2D eigenvalue weighted by Gasteiger charge is -2.29. The van der Waals surface area contributed by atoms with Crippen molar-refractivity contribution < 1.29 is 23.9 Å². The van der Waals surface area contributed by atoms with Gasteiger partial charge in [-0.25, -0.2) is 4.79 Å². The molecule has 0 aromatic heterocycles. The highest BCUT2D eigenvalue weighted by atomic mass is 16.6. The zero-order valence-corrected chi connectivity index (χ0v) is 16.2. The topological polar surface area (TPSA) is 84.9 Å². The van der Waals surface area contributed by atoms with Crippen LogP contribution in [0.3, 0.4) is 0 Å². The van der Waals surface area contributed by atoms with Gasteiger partial charge in [0, 0.05) is 0 Å². The molecule has 7 heteroatoms. The zero-order valence-electron chi connectivity index (χ0n) is 16.2. The quantitative estimate of drug-likeness (QED) is 0.634. The summed E-state index contributed by atoms with van der Waals surface area (Å²) in [5, 5.41) is 2.69. The molecule has 3 aliphatic heterocycles. The number of alkyl carbamates (subject to hydrolysis) is 1. The number of nitrogens with one attached hydrogen (secondary N) is 1. The molecule has 148 valence electrons. The molecule has 3 aliphatic rings. The fraction of sp³-hybridized carbons (Fsp3) is 0.476. The van der Waals surface area contributed by atoms with Gasteiger partial charge < -0.3 is 14.8 Å². The van der Waals surface area contributed by atoms with Crippen molar-refractivity contribution in [1.29, 1.82) is 0 Å². The van der Waals surface area contributed by atoms with Crippen molar-refractivity contribution >= 4 is 17.9 Å². The van der Waals surface area contributed by atoms with Crippen LogP contribution in [0.4, 0.5) is 4.79 Å². The molecule has 1 aromatic carbocycles. The Morgan fingerprint density at radius 1 is 1.21 bits per heavy atom. The average Bonchev–Trinajstić information content (AvgIpc) is 3.26. The number of amides is 3. The van der Waals surface area contributed by atoms with Crippen molar-refractivity contribution in [3.05, 3.63) is 48.0 Å². The largest absolute Gasteiger partial charge is 0.444 e. The second-order valence-corrected chi connectivity index (χ2v) is 8.50. The second kappa shape index (κ2) is 6.44. The van der Waals surface area contributed by atoms with Gasteiger partial charge in [-0.1, -0.05) is 42.5 Å². The van der Waals surface area contributed by atoms with Gasteiger partial charge in [0.25, 0.3) is 0 Å². The van der Waals surface area contributed by atoms with Crippen molar-refractivity contribution in [3.8, 4) is 0 Å². The fourth-order valence-electron chi connectivity index (χ4n) is 4.21. The molecule has 0 spiro atoms. The van der Waals surface area contributed by atoms with Crippen LogP contribution < -0.4 is 5.32 Å². The molecule has 0 unspecified atom stereocenters. The molecule has 1 aromatic rings. The van der Waals surface area contributed by atoms with Gasteiger partial charge in [-0.05, 0) is 26.3 Å². The van der Waals surface area contributed by atoms with E-state index in [1.54, 1.807) is 26.8 Å². The summed E-state index contributed by atoms with van der Waals surface area (Å²) in [6.45, 7) is 5.65. The van der Waals surface area contributed by atoms with Gasteiger partial charge in [-0.2, -0.15) is 0 Å². The van der Waals surface area contributed by atoms with Gasteiger partial charge >= 0.3 is 6.09 Å². The number of rotatable bonds is 4. The van der Waals surface area contributed by atoms with E-state index < -0.39 is 35.2 Å². The first-order chi connectivity index (χ1) is 13.2. The highest BCUT2D eigenvalue weighted by molar-refractivity contribution is 6.07. The number of benzene rings is 1. The van der Waals surface area contributed by atoms with Crippen molar-refractivity contribution in [3.63, 3.8) is 0 Å². The third kappa shape index (κ3) is 3.09. The summed E-state index contributed by atoms with van der Waals surface area (Å²) in [7, 11) is 0. The first kappa shape index (κ1) is 18.7. The minimum atomic E-state index is -1.01. The maximum absolute atomic E-state index is 13.1. The van der Waals surface area contributed by atoms with E-state index in [0.717, 1.165) is 5.56 Å². The van der Waals surface area contributed by atoms with Gasteiger partial charge in [-0.15, -0.1) is 0 Å². The molecule has 2 fully saturated rings. The molecular formula is C21H24N2O5. The van der Waals surface area contributed by atoms with Crippen LogP contribution in [0.25, 0.3) is 0 Å². The zero-order chi connectivity index (χ0) is 20.1. The Labute approximate surface area is 163 Å². The maximum Gasteiger partial charge on any atom is 0.407 e. The molecule has 1 N–H and O–H groups in total. The third-order valence-electron chi connectivity index (χ3n) is 5.34. The molecule has 3 heterocycles. The van der Waals surface area contributed by atoms with Crippen LogP contribution in [0.2, 0.25) is 0 Å².